The summed E-state index contributed by atoms with van der Waals surface area (Å²) < 4.78 is 45.6. The molecule has 1 fully saturated rings. The van der Waals surface area contributed by atoms with E-state index in [1.807, 2.05) is 13.8 Å². The van der Waals surface area contributed by atoms with Gasteiger partial charge in [0.1, 0.15) is 6.54 Å². The number of esters is 2. The summed E-state index contributed by atoms with van der Waals surface area (Å²) in [5.74, 6) is -1.61. The van der Waals surface area contributed by atoms with E-state index < -0.39 is 27.9 Å². The third-order valence-corrected chi connectivity index (χ3v) is 9.00. The number of hydrogen-bond donors (Lipinski definition) is 0. The van der Waals surface area contributed by atoms with Crippen LogP contribution in [-0.2, 0) is 35.6 Å². The third kappa shape index (κ3) is 6.49. The maximum Gasteiger partial charge on any atom is 0.338 e. The van der Waals surface area contributed by atoms with Crippen LogP contribution in [0.25, 0.3) is 10.2 Å². The van der Waals surface area contributed by atoms with Gasteiger partial charge >= 0.3 is 11.9 Å². The number of aromatic nitrogens is 1. The van der Waals surface area contributed by atoms with Crippen molar-refractivity contribution >= 4 is 49.4 Å². The fourth-order valence-corrected chi connectivity index (χ4v) is 7.04. The van der Waals surface area contributed by atoms with Gasteiger partial charge in [-0.2, -0.15) is 9.30 Å². The van der Waals surface area contributed by atoms with Crippen molar-refractivity contribution in [2.45, 2.75) is 51.3 Å². The Morgan fingerprint density at radius 2 is 1.60 bits per heavy atom. The van der Waals surface area contributed by atoms with Gasteiger partial charge in [0, 0.05) is 18.7 Å². The Balaban J connectivity index is 1.67. The highest BCUT2D eigenvalue weighted by Crippen LogP contribution is 2.23. The number of carbonyl (C=O) groups is 3. The van der Waals surface area contributed by atoms with Gasteiger partial charge in [0.25, 0.3) is 5.91 Å². The third-order valence-electron chi connectivity index (χ3n) is 6.11. The van der Waals surface area contributed by atoms with Crippen LogP contribution in [0.2, 0.25) is 0 Å². The zero-order valence-corrected chi connectivity index (χ0v) is 24.3. The van der Waals surface area contributed by atoms with Crippen molar-refractivity contribution in [2.75, 3.05) is 26.3 Å². The minimum atomic E-state index is -3.77. The van der Waals surface area contributed by atoms with Crippen LogP contribution in [0.1, 0.15) is 48.4 Å². The average Bonchev–Trinajstić information content (AvgIpc) is 3.24. The van der Waals surface area contributed by atoms with E-state index in [1.165, 1.54) is 28.6 Å². The molecule has 0 radical (unpaired) electrons. The van der Waals surface area contributed by atoms with Gasteiger partial charge < -0.3 is 18.8 Å². The first-order valence-electron chi connectivity index (χ1n) is 12.8. The first-order chi connectivity index (χ1) is 19.0. The molecule has 4 rings (SSSR count). The lowest BCUT2D eigenvalue weighted by Gasteiger charge is -2.34. The number of amides is 1. The summed E-state index contributed by atoms with van der Waals surface area (Å²) in [6.45, 7) is 7.76. The van der Waals surface area contributed by atoms with Crippen molar-refractivity contribution in [2.24, 2.45) is 4.99 Å². The topological polar surface area (TPSA) is 134 Å². The molecule has 1 aliphatic heterocycles. The van der Waals surface area contributed by atoms with Crippen LogP contribution in [0.3, 0.4) is 0 Å². The first-order valence-corrected chi connectivity index (χ1v) is 15.1. The van der Waals surface area contributed by atoms with E-state index in [2.05, 4.69) is 4.99 Å². The Morgan fingerprint density at radius 3 is 2.23 bits per heavy atom. The zero-order chi connectivity index (χ0) is 29.0. The molecule has 0 saturated carbocycles. The maximum absolute atomic E-state index is 13.2. The van der Waals surface area contributed by atoms with Crippen LogP contribution < -0.4 is 4.80 Å². The Bertz CT molecular complexity index is 1580. The van der Waals surface area contributed by atoms with Crippen LogP contribution >= 0.6 is 11.3 Å². The number of sulfonamides is 1. The Labute approximate surface area is 236 Å². The Kier molecular flexibility index (Phi) is 9.19. The number of carbonyl (C=O) groups excluding carboxylic acids is 3. The van der Waals surface area contributed by atoms with Crippen molar-refractivity contribution in [1.82, 2.24) is 8.87 Å². The summed E-state index contributed by atoms with van der Waals surface area (Å²) in [5, 5.41) is 0. The van der Waals surface area contributed by atoms with Gasteiger partial charge in [0.2, 0.25) is 10.0 Å². The smallest absolute Gasteiger partial charge is 0.338 e. The van der Waals surface area contributed by atoms with Crippen molar-refractivity contribution in [1.29, 1.82) is 0 Å². The minimum absolute atomic E-state index is 0.0658. The molecular formula is C27H31N3O8S2. The average molecular weight is 590 g/mol. The molecule has 1 aromatic heterocycles. The number of benzene rings is 2. The van der Waals surface area contributed by atoms with Gasteiger partial charge in [0.15, 0.2) is 4.80 Å². The first kappa shape index (κ1) is 29.6. The fourth-order valence-electron chi connectivity index (χ4n) is 4.39. The molecule has 11 nitrogen and oxygen atoms in total. The summed E-state index contributed by atoms with van der Waals surface area (Å²) in [6.07, 6.45) is -0.455. The van der Waals surface area contributed by atoms with Crippen LogP contribution in [0, 0.1) is 0 Å². The van der Waals surface area contributed by atoms with E-state index in [4.69, 9.17) is 14.2 Å². The number of thiazole rings is 1. The maximum atomic E-state index is 13.2. The summed E-state index contributed by atoms with van der Waals surface area (Å²) in [4.78, 5) is 42.2. The van der Waals surface area contributed by atoms with Crippen LogP contribution in [0.15, 0.2) is 52.4 Å². The van der Waals surface area contributed by atoms with E-state index in [0.717, 1.165) is 11.3 Å². The number of rotatable bonds is 8. The lowest BCUT2D eigenvalue weighted by molar-refractivity contribution is -0.143. The zero-order valence-electron chi connectivity index (χ0n) is 22.7. The van der Waals surface area contributed by atoms with Crippen LogP contribution in [-0.4, -0.2) is 73.6 Å². The molecule has 2 aromatic carbocycles. The molecule has 1 saturated heterocycles. The molecule has 3 aromatic rings. The molecule has 2 unspecified atom stereocenters. The second-order valence-corrected chi connectivity index (χ2v) is 12.1. The Morgan fingerprint density at radius 1 is 0.975 bits per heavy atom. The molecule has 0 spiro atoms. The molecule has 0 aliphatic carbocycles. The van der Waals surface area contributed by atoms with E-state index in [9.17, 15) is 22.8 Å². The van der Waals surface area contributed by atoms with Gasteiger partial charge in [-0.25, -0.2) is 13.2 Å². The van der Waals surface area contributed by atoms with Gasteiger partial charge in [-0.1, -0.05) is 11.3 Å². The number of fused-ring (bicyclic) bond motifs is 1. The highest BCUT2D eigenvalue weighted by atomic mass is 32.2. The van der Waals surface area contributed by atoms with Crippen molar-refractivity contribution < 1.29 is 37.0 Å². The second kappa shape index (κ2) is 12.4. The highest BCUT2D eigenvalue weighted by molar-refractivity contribution is 7.89. The summed E-state index contributed by atoms with van der Waals surface area (Å²) >= 11 is 1.13. The lowest BCUT2D eigenvalue weighted by atomic mass is 10.2. The van der Waals surface area contributed by atoms with Gasteiger partial charge in [-0.15, -0.1) is 0 Å². The summed E-state index contributed by atoms with van der Waals surface area (Å²) in [6, 6.07) is 10.4. The largest absolute Gasteiger partial charge is 0.465 e. The van der Waals surface area contributed by atoms with Gasteiger partial charge in [-0.05, 0) is 70.2 Å². The molecule has 2 atom stereocenters. The van der Waals surface area contributed by atoms with E-state index in [1.54, 1.807) is 36.6 Å². The minimum Gasteiger partial charge on any atom is -0.465 e. The predicted molar refractivity (Wildman–Crippen MR) is 148 cm³/mol. The molecule has 0 bridgehead atoms. The van der Waals surface area contributed by atoms with Gasteiger partial charge in [-0.3, -0.25) is 9.59 Å². The Hall–Kier alpha value is -3.39. The molecule has 0 N–H and O–H groups in total. The van der Waals surface area contributed by atoms with Gasteiger partial charge in [0.05, 0.1) is 46.1 Å². The standard InChI is InChI=1S/C27H31N3O8S2/c1-5-36-24(31)16-30-22-12-9-20(26(33)37-6-2)13-23(22)39-27(30)28-25(32)19-7-10-21(11-8-19)40(34,35)29-14-17(3)38-18(4)15-29/h7-13,17-18H,5-6,14-16H2,1-4H3. The van der Waals surface area contributed by atoms with E-state index in [-0.39, 0.29) is 60.3 Å². The quantitative estimate of drug-likeness (QED) is 0.366. The molecule has 1 aliphatic rings. The summed E-state index contributed by atoms with van der Waals surface area (Å²) in [7, 11) is -3.77. The van der Waals surface area contributed by atoms with Crippen molar-refractivity contribution in [3.63, 3.8) is 0 Å². The van der Waals surface area contributed by atoms with Crippen LogP contribution in [0.4, 0.5) is 0 Å². The normalized spacial score (nSPS) is 18.6. The summed E-state index contributed by atoms with van der Waals surface area (Å²) in [5.41, 5.74) is 1.10. The SMILES string of the molecule is CCOC(=O)Cn1c(=NC(=O)c2ccc(S(=O)(=O)N3CC(C)OC(C)C3)cc2)sc2cc(C(=O)OCC)ccc21. The monoisotopic (exact) mass is 589 g/mol. The number of morpholine rings is 1. The van der Waals surface area contributed by atoms with E-state index in [0.29, 0.717) is 15.8 Å². The fraction of sp³-hybridized carbons (Fsp3) is 0.407. The molecule has 1 amide bonds. The second-order valence-electron chi connectivity index (χ2n) is 9.20. The van der Waals surface area contributed by atoms with Crippen molar-refractivity contribution in [3.05, 3.63) is 58.4 Å². The number of nitrogens with zero attached hydrogens (tertiary/aromatic N) is 3. The predicted octanol–water partition coefficient (Wildman–Crippen LogP) is 2.98. The number of hydrogen-bond acceptors (Lipinski definition) is 9. The molecular weight excluding hydrogens is 558 g/mol. The molecule has 13 heteroatoms. The molecule has 40 heavy (non-hydrogen) atoms. The number of ether oxygens (including phenoxy) is 3. The molecule has 2 heterocycles. The highest BCUT2D eigenvalue weighted by Gasteiger charge is 2.32. The van der Waals surface area contributed by atoms with E-state index >= 15 is 0 Å². The van der Waals surface area contributed by atoms with Crippen molar-refractivity contribution in [3.8, 4) is 0 Å². The lowest BCUT2D eigenvalue weighted by Crippen LogP contribution is -2.48. The van der Waals surface area contributed by atoms with Crippen LogP contribution in [0.5, 0.6) is 0 Å². The molecule has 214 valence electrons.